The van der Waals surface area contributed by atoms with Crippen molar-refractivity contribution in [3.63, 3.8) is 0 Å². The van der Waals surface area contributed by atoms with Crippen LogP contribution in [0.2, 0.25) is 0 Å². The highest BCUT2D eigenvalue weighted by Crippen LogP contribution is 2.43. The van der Waals surface area contributed by atoms with Crippen LogP contribution in [0.3, 0.4) is 0 Å². The lowest BCUT2D eigenvalue weighted by Gasteiger charge is -2.21. The lowest BCUT2D eigenvalue weighted by molar-refractivity contribution is 0.965. The molecule has 0 unspecified atom stereocenters. The molecule has 0 spiro atoms. The second-order valence-electron chi connectivity index (χ2n) is 18.3. The van der Waals surface area contributed by atoms with Crippen LogP contribution in [0, 0.1) is 0 Å². The molecule has 0 bridgehead atoms. The van der Waals surface area contributed by atoms with E-state index in [2.05, 4.69) is 257 Å². The summed E-state index contributed by atoms with van der Waals surface area (Å²) in [5, 5.41) is 0. The predicted octanol–water partition coefficient (Wildman–Crippen LogP) is 18.2. The Hall–Kier alpha value is -8.84. The fourth-order valence-corrected chi connectivity index (χ4v) is 10.2. The smallest absolute Gasteiger partial charge is 0.00135 e. The zero-order valence-corrected chi connectivity index (χ0v) is 40.3. The number of rotatable bonds is 0. The van der Waals surface area contributed by atoms with Crippen molar-refractivity contribution in [2.24, 2.45) is 0 Å². The van der Waals surface area contributed by atoms with E-state index in [-0.39, 0.29) is 0 Å². The van der Waals surface area contributed by atoms with Crippen LogP contribution < -0.4 is 0 Å². The summed E-state index contributed by atoms with van der Waals surface area (Å²) < 4.78 is 0. The highest BCUT2D eigenvalue weighted by molar-refractivity contribution is 6.00. The summed E-state index contributed by atoms with van der Waals surface area (Å²) in [6, 6.07) is 76.2. The Bertz CT molecular complexity index is 3400. The Morgan fingerprint density at radius 1 is 0.211 bits per heavy atom. The third kappa shape index (κ3) is 9.62. The molecule has 5 aliphatic carbocycles. The first-order valence-corrected chi connectivity index (χ1v) is 24.4. The van der Waals surface area contributed by atoms with Crippen molar-refractivity contribution in [1.82, 2.24) is 0 Å². The van der Waals surface area contributed by atoms with Gasteiger partial charge in [0.2, 0.25) is 0 Å². The standard InChI is InChI=1S/C16H14.C16H12.C15H12.C14H10.C10H8/c2*1-12-15-8-4-2-6-13(15)10-11-14-7-3-5-9-16(12)14;1-11-14-8-4-2-6-12(14)10-13-7-3-5-9-15(11)13;1-10-11-6-2-4-8-13(11)14-9-5-3-7-12(10)14;1-8-6-7-9-4-2-3-5-10(8)9/h2-9H,1,10-11H2;2-11H,1H2;2-9H,1,10H2;2-9H,1H2;2-7H,1H2. The highest BCUT2D eigenvalue weighted by atomic mass is 14.2. The third-order valence-electron chi connectivity index (χ3n) is 14.0. The van der Waals surface area contributed by atoms with Gasteiger partial charge in [-0.15, -0.1) is 0 Å². The molecule has 0 saturated heterocycles. The third-order valence-corrected chi connectivity index (χ3v) is 14.0. The second-order valence-corrected chi connectivity index (χ2v) is 18.3. The summed E-state index contributed by atoms with van der Waals surface area (Å²) in [6.45, 7) is 20.7. The Labute approximate surface area is 420 Å². The molecule has 0 atom stereocenters. The summed E-state index contributed by atoms with van der Waals surface area (Å²) >= 11 is 0. The summed E-state index contributed by atoms with van der Waals surface area (Å²) in [7, 11) is 0. The van der Waals surface area contributed by atoms with Gasteiger partial charge in [0, 0.05) is 0 Å². The molecule has 0 saturated carbocycles. The van der Waals surface area contributed by atoms with Crippen LogP contribution in [0.25, 0.3) is 57.2 Å². The average molecular weight is 909 g/mol. The molecule has 14 rings (SSSR count). The van der Waals surface area contributed by atoms with Gasteiger partial charge < -0.3 is 0 Å². The molecule has 0 fully saturated rings. The zero-order chi connectivity index (χ0) is 48.7. The van der Waals surface area contributed by atoms with Gasteiger partial charge >= 0.3 is 0 Å². The van der Waals surface area contributed by atoms with Crippen LogP contribution in [-0.2, 0) is 19.3 Å². The topological polar surface area (TPSA) is 0 Å². The van der Waals surface area contributed by atoms with Crippen molar-refractivity contribution in [3.05, 3.63) is 346 Å². The molecule has 9 aromatic carbocycles. The van der Waals surface area contributed by atoms with E-state index in [1.165, 1.54) is 106 Å². The molecule has 0 heterocycles. The van der Waals surface area contributed by atoms with E-state index < -0.39 is 0 Å². The Morgan fingerprint density at radius 3 is 0.873 bits per heavy atom. The fourth-order valence-electron chi connectivity index (χ4n) is 10.2. The van der Waals surface area contributed by atoms with Gasteiger partial charge in [0.1, 0.15) is 0 Å². The Balaban J connectivity index is 0.000000103. The molecule has 0 nitrogen and oxygen atoms in total. The predicted molar refractivity (Wildman–Crippen MR) is 307 cm³/mol. The zero-order valence-electron chi connectivity index (χ0n) is 40.3. The summed E-state index contributed by atoms with van der Waals surface area (Å²) in [5.41, 5.74) is 29.2. The van der Waals surface area contributed by atoms with Crippen molar-refractivity contribution < 1.29 is 0 Å². The number of benzene rings is 9. The van der Waals surface area contributed by atoms with Crippen LogP contribution in [0.15, 0.2) is 257 Å². The largest absolute Gasteiger partial charge is 0.0911 e. The molecular formula is C71H56. The van der Waals surface area contributed by atoms with E-state index in [9.17, 15) is 0 Å². The first-order valence-electron chi connectivity index (χ1n) is 24.4. The number of hydrogen-bond donors (Lipinski definition) is 0. The van der Waals surface area contributed by atoms with Gasteiger partial charge in [-0.2, -0.15) is 0 Å². The first kappa shape index (κ1) is 45.9. The molecule has 0 radical (unpaired) electrons. The summed E-state index contributed by atoms with van der Waals surface area (Å²) in [6.07, 6.45) is 11.7. The molecule has 340 valence electrons. The van der Waals surface area contributed by atoms with E-state index in [0.717, 1.165) is 41.6 Å². The second kappa shape index (κ2) is 20.8. The molecule has 0 amide bonds. The van der Waals surface area contributed by atoms with Crippen molar-refractivity contribution in [3.8, 4) is 11.1 Å². The summed E-state index contributed by atoms with van der Waals surface area (Å²) in [5.74, 6) is 0. The molecule has 9 aromatic rings. The van der Waals surface area contributed by atoms with Crippen molar-refractivity contribution in [2.75, 3.05) is 0 Å². The van der Waals surface area contributed by atoms with Crippen LogP contribution in [-0.4, -0.2) is 0 Å². The lowest BCUT2D eigenvalue weighted by atomic mass is 9.83. The monoisotopic (exact) mass is 908 g/mol. The van der Waals surface area contributed by atoms with Crippen LogP contribution in [0.5, 0.6) is 0 Å². The van der Waals surface area contributed by atoms with Gasteiger partial charge in [-0.05, 0) is 147 Å². The van der Waals surface area contributed by atoms with Gasteiger partial charge in [0.15, 0.2) is 0 Å². The maximum Gasteiger partial charge on any atom is -0.00135 e. The number of fused-ring (bicyclic) bond motifs is 10. The molecule has 0 N–H and O–H groups in total. The van der Waals surface area contributed by atoms with Crippen LogP contribution in [0.4, 0.5) is 0 Å². The van der Waals surface area contributed by atoms with Gasteiger partial charge in [-0.1, -0.05) is 276 Å². The highest BCUT2D eigenvalue weighted by Gasteiger charge is 2.21. The number of hydrogen-bond acceptors (Lipinski definition) is 0. The van der Waals surface area contributed by atoms with Crippen LogP contribution >= 0.6 is 0 Å². The fraction of sp³-hybridized carbons (Fsp3) is 0.0423. The number of allylic oxidation sites excluding steroid dienone is 2. The molecule has 0 aliphatic heterocycles. The van der Waals surface area contributed by atoms with Gasteiger partial charge in [-0.3, -0.25) is 0 Å². The number of aryl methyl sites for hydroxylation is 2. The quantitative estimate of drug-likeness (QED) is 0.142. The summed E-state index contributed by atoms with van der Waals surface area (Å²) in [4.78, 5) is 0. The van der Waals surface area contributed by atoms with Crippen molar-refractivity contribution in [1.29, 1.82) is 0 Å². The van der Waals surface area contributed by atoms with Crippen LogP contribution in [0.1, 0.15) is 89.0 Å². The van der Waals surface area contributed by atoms with E-state index >= 15 is 0 Å². The van der Waals surface area contributed by atoms with Crippen molar-refractivity contribution in [2.45, 2.75) is 19.3 Å². The molecular weight excluding hydrogens is 853 g/mol. The maximum absolute atomic E-state index is 4.26. The molecule has 71 heavy (non-hydrogen) atoms. The van der Waals surface area contributed by atoms with E-state index in [4.69, 9.17) is 0 Å². The van der Waals surface area contributed by atoms with Gasteiger partial charge in [0.05, 0.1) is 0 Å². The van der Waals surface area contributed by atoms with Gasteiger partial charge in [-0.25, -0.2) is 0 Å². The molecule has 0 aromatic heterocycles. The minimum Gasteiger partial charge on any atom is -0.0911 e. The minimum atomic E-state index is 1.03. The minimum absolute atomic E-state index is 1.03. The van der Waals surface area contributed by atoms with E-state index in [1.54, 1.807) is 0 Å². The Kier molecular flexibility index (Phi) is 13.5. The average Bonchev–Trinajstić information content (AvgIpc) is 3.85. The van der Waals surface area contributed by atoms with E-state index in [1.807, 2.05) is 18.2 Å². The molecule has 0 heteroatoms. The van der Waals surface area contributed by atoms with Crippen molar-refractivity contribution >= 4 is 46.1 Å². The molecule has 5 aliphatic rings. The lowest BCUT2D eigenvalue weighted by Crippen LogP contribution is -2.05. The Morgan fingerprint density at radius 2 is 0.465 bits per heavy atom. The maximum atomic E-state index is 4.26. The first-order chi connectivity index (χ1) is 34.8. The normalized spacial score (nSPS) is 13.2. The van der Waals surface area contributed by atoms with E-state index in [0.29, 0.717) is 0 Å². The SMILES string of the molecule is C=C1C=Cc2ccccc21.C=C1c2ccccc2-c2ccccc21.C=C1c2ccccc2C=Cc2ccccc21.C=C1c2ccccc2CCc2ccccc21.C=C1c2ccccc2Cc2ccccc21. The van der Waals surface area contributed by atoms with Gasteiger partial charge in [0.25, 0.3) is 0 Å².